The van der Waals surface area contributed by atoms with Gasteiger partial charge in [-0.25, -0.2) is 9.97 Å². The highest BCUT2D eigenvalue weighted by Gasteiger charge is 2.51. The van der Waals surface area contributed by atoms with Crippen molar-refractivity contribution in [3.05, 3.63) is 209 Å². The Morgan fingerprint density at radius 1 is 0.448 bits per heavy atom. The van der Waals surface area contributed by atoms with Crippen LogP contribution in [0.3, 0.4) is 0 Å². The van der Waals surface area contributed by atoms with E-state index in [0.717, 1.165) is 68.7 Å². The first-order valence-electron chi connectivity index (χ1n) is 19.9. The summed E-state index contributed by atoms with van der Waals surface area (Å²) in [5, 5.41) is 0. The summed E-state index contributed by atoms with van der Waals surface area (Å²) in [6, 6.07) is 55.9. The second kappa shape index (κ2) is 12.6. The molecule has 5 nitrogen and oxygen atoms in total. The highest BCUT2D eigenvalue weighted by atomic mass is 16.4. The predicted octanol–water partition coefficient (Wildman–Crippen LogP) is 13.2. The molecule has 58 heavy (non-hydrogen) atoms. The van der Waals surface area contributed by atoms with Crippen LogP contribution in [0.25, 0.3) is 73.1 Å². The molecule has 9 aromatic rings. The fraction of sp³-hybridized carbons (Fsp3) is 0.0755. The van der Waals surface area contributed by atoms with Gasteiger partial charge < -0.3 is 8.83 Å². The Bertz CT molecular complexity index is 3040. The zero-order chi connectivity index (χ0) is 38.4. The molecule has 0 saturated heterocycles. The summed E-state index contributed by atoms with van der Waals surface area (Å²) in [5.41, 5.74) is 20.0. The van der Waals surface area contributed by atoms with Crippen LogP contribution >= 0.6 is 0 Å². The Labute approximate surface area is 335 Å². The van der Waals surface area contributed by atoms with Crippen molar-refractivity contribution in [2.45, 2.75) is 25.2 Å². The van der Waals surface area contributed by atoms with Gasteiger partial charge in [-0.3, -0.25) is 4.99 Å². The van der Waals surface area contributed by atoms with Crippen LogP contribution in [-0.2, 0) is 5.41 Å². The number of hydrogen-bond acceptors (Lipinski definition) is 5. The topological polar surface area (TPSA) is 64.4 Å². The maximum Gasteiger partial charge on any atom is 0.227 e. The Kier molecular flexibility index (Phi) is 7.12. The lowest BCUT2D eigenvalue weighted by Gasteiger charge is -2.30. The van der Waals surface area contributed by atoms with Gasteiger partial charge in [0.15, 0.2) is 11.2 Å². The van der Waals surface area contributed by atoms with Crippen molar-refractivity contribution < 1.29 is 8.83 Å². The SMILES string of the molecule is C/C1=C/C=C(c2cc(-c3nc4ccccc4o3)cc(-c3nc4ccccc4o3)c2)\N=C(\c2ccc3c(c2)C2(c4ccccc4-c4ccccc42)c2ccccc2-3)CC1. The number of oxazole rings is 2. The van der Waals surface area contributed by atoms with Crippen molar-refractivity contribution in [3.8, 4) is 45.2 Å². The molecule has 7 aromatic carbocycles. The average molecular weight is 746 g/mol. The van der Waals surface area contributed by atoms with Crippen molar-refractivity contribution in [2.75, 3.05) is 0 Å². The Morgan fingerprint density at radius 3 is 1.52 bits per heavy atom. The van der Waals surface area contributed by atoms with E-state index >= 15 is 0 Å². The van der Waals surface area contributed by atoms with Gasteiger partial charge in [0.1, 0.15) is 11.0 Å². The third kappa shape index (κ3) is 4.86. The maximum atomic E-state index is 6.33. The van der Waals surface area contributed by atoms with Gasteiger partial charge >= 0.3 is 0 Å². The van der Waals surface area contributed by atoms with E-state index in [1.165, 1.54) is 50.1 Å². The molecule has 3 heterocycles. The second-order valence-electron chi connectivity index (χ2n) is 15.5. The van der Waals surface area contributed by atoms with Crippen LogP contribution in [-0.4, -0.2) is 15.7 Å². The maximum absolute atomic E-state index is 6.33. The molecule has 0 unspecified atom stereocenters. The number of nitrogens with zero attached hydrogens (tertiary/aromatic N) is 3. The molecule has 5 heteroatoms. The van der Waals surface area contributed by atoms with E-state index in [0.29, 0.717) is 11.8 Å². The van der Waals surface area contributed by atoms with Gasteiger partial charge in [0.2, 0.25) is 11.8 Å². The van der Waals surface area contributed by atoms with Gasteiger partial charge in [0.25, 0.3) is 0 Å². The molecule has 2 aromatic heterocycles. The molecule has 0 bridgehead atoms. The lowest BCUT2D eigenvalue weighted by molar-refractivity contribution is 0.617. The minimum Gasteiger partial charge on any atom is -0.436 e. The summed E-state index contributed by atoms with van der Waals surface area (Å²) >= 11 is 0. The average Bonchev–Trinajstić information content (AvgIpc) is 4.04. The monoisotopic (exact) mass is 745 g/mol. The summed E-state index contributed by atoms with van der Waals surface area (Å²) in [6.45, 7) is 2.20. The van der Waals surface area contributed by atoms with Gasteiger partial charge in [-0.2, -0.15) is 0 Å². The first kappa shape index (κ1) is 32.8. The number of aromatic nitrogens is 2. The molecule has 1 aliphatic heterocycles. The summed E-state index contributed by atoms with van der Waals surface area (Å²) in [7, 11) is 0. The first-order valence-corrected chi connectivity index (χ1v) is 19.9. The third-order valence-corrected chi connectivity index (χ3v) is 12.2. The van der Waals surface area contributed by atoms with Crippen LogP contribution in [0.5, 0.6) is 0 Å². The number of benzene rings is 7. The van der Waals surface area contributed by atoms with Crippen molar-refractivity contribution in [1.82, 2.24) is 9.97 Å². The zero-order valence-corrected chi connectivity index (χ0v) is 31.7. The van der Waals surface area contributed by atoms with Gasteiger partial charge in [0, 0.05) is 22.4 Å². The first-order chi connectivity index (χ1) is 28.6. The van der Waals surface area contributed by atoms with Crippen LogP contribution in [0.4, 0.5) is 0 Å². The van der Waals surface area contributed by atoms with E-state index in [1.807, 2.05) is 54.6 Å². The molecule has 0 N–H and O–H groups in total. The fourth-order valence-electron chi connectivity index (χ4n) is 9.52. The molecule has 3 aliphatic rings. The van der Waals surface area contributed by atoms with E-state index in [-0.39, 0.29) is 0 Å². The van der Waals surface area contributed by atoms with Crippen molar-refractivity contribution in [1.29, 1.82) is 0 Å². The lowest BCUT2D eigenvalue weighted by atomic mass is 9.70. The molecule has 2 aliphatic carbocycles. The normalized spacial score (nSPS) is 17.6. The van der Waals surface area contributed by atoms with Crippen LogP contribution in [0.1, 0.15) is 53.1 Å². The highest BCUT2D eigenvalue weighted by Crippen LogP contribution is 2.62. The van der Waals surface area contributed by atoms with Gasteiger partial charge in [-0.05, 0) is 124 Å². The van der Waals surface area contributed by atoms with E-state index in [4.69, 9.17) is 23.8 Å². The molecule has 0 radical (unpaired) electrons. The number of allylic oxidation sites excluding steroid dienone is 3. The van der Waals surface area contributed by atoms with Crippen molar-refractivity contribution in [3.63, 3.8) is 0 Å². The number of aliphatic imine (C=N–C) groups is 1. The summed E-state index contributed by atoms with van der Waals surface area (Å²) < 4.78 is 12.7. The zero-order valence-electron chi connectivity index (χ0n) is 31.7. The number of hydrogen-bond donors (Lipinski definition) is 0. The van der Waals surface area contributed by atoms with E-state index in [1.54, 1.807) is 0 Å². The Balaban J connectivity index is 1.05. The smallest absolute Gasteiger partial charge is 0.227 e. The predicted molar refractivity (Wildman–Crippen MR) is 233 cm³/mol. The molecular weight excluding hydrogens is 711 g/mol. The largest absolute Gasteiger partial charge is 0.436 e. The summed E-state index contributed by atoms with van der Waals surface area (Å²) in [6.07, 6.45) is 6.05. The highest BCUT2D eigenvalue weighted by molar-refractivity contribution is 6.06. The molecule has 274 valence electrons. The Hall–Kier alpha value is -7.37. The molecule has 0 atom stereocenters. The number of fused-ring (bicyclic) bond motifs is 12. The summed E-state index contributed by atoms with van der Waals surface area (Å²) in [5.74, 6) is 1.06. The summed E-state index contributed by atoms with van der Waals surface area (Å²) in [4.78, 5) is 15.3. The molecule has 0 saturated carbocycles. The lowest BCUT2D eigenvalue weighted by Crippen LogP contribution is -2.26. The Morgan fingerprint density at radius 2 is 0.948 bits per heavy atom. The molecular formula is C53H35N3O2. The third-order valence-electron chi connectivity index (χ3n) is 12.2. The molecule has 12 rings (SSSR count). The number of rotatable bonds is 4. The molecule has 0 amide bonds. The van der Waals surface area contributed by atoms with Gasteiger partial charge in [0.05, 0.1) is 11.1 Å². The van der Waals surface area contributed by atoms with E-state index in [9.17, 15) is 0 Å². The van der Waals surface area contributed by atoms with Gasteiger partial charge in [-0.1, -0.05) is 121 Å². The van der Waals surface area contributed by atoms with Crippen LogP contribution < -0.4 is 0 Å². The molecule has 0 fully saturated rings. The second-order valence-corrected chi connectivity index (χ2v) is 15.5. The van der Waals surface area contributed by atoms with Crippen LogP contribution in [0.2, 0.25) is 0 Å². The fourth-order valence-corrected chi connectivity index (χ4v) is 9.52. The van der Waals surface area contributed by atoms with E-state index < -0.39 is 5.41 Å². The standard InChI is InChI=1S/C53H35N3O2/c1-32-22-26-45(33-24-25-40-39-14-4-7-17-43(39)53(44(40)31-33)41-15-5-2-12-37(41)38-13-3-6-16-42(38)53)54-46(27-23-32)34-28-35(51-55-47-18-8-10-20-49(47)57-51)30-36(29-34)52-56-48-19-9-11-21-50(48)58-52/h2-21,23-25,27-31H,22,26H2,1H3/b32-23-,46-27-,54-45+. The van der Waals surface area contributed by atoms with Crippen molar-refractivity contribution in [2.24, 2.45) is 4.99 Å². The number of para-hydroxylation sites is 4. The van der Waals surface area contributed by atoms with Crippen LogP contribution in [0.15, 0.2) is 189 Å². The minimum absolute atomic E-state index is 0.422. The quantitative estimate of drug-likeness (QED) is 0.180. The van der Waals surface area contributed by atoms with Crippen molar-refractivity contribution >= 4 is 33.6 Å². The minimum atomic E-state index is -0.422. The molecule has 1 spiro atoms. The van der Waals surface area contributed by atoms with Gasteiger partial charge in [-0.15, -0.1) is 0 Å². The van der Waals surface area contributed by atoms with Crippen LogP contribution in [0, 0.1) is 0 Å². The van der Waals surface area contributed by atoms with E-state index in [2.05, 4.69) is 122 Å².